The van der Waals surface area contributed by atoms with Gasteiger partial charge < -0.3 is 9.72 Å². The molecule has 0 radical (unpaired) electrons. The van der Waals surface area contributed by atoms with Gasteiger partial charge in [-0.25, -0.2) is 0 Å². The van der Waals surface area contributed by atoms with E-state index in [9.17, 15) is 0 Å². The predicted octanol–water partition coefficient (Wildman–Crippen LogP) is 4.01. The average Bonchev–Trinajstić information content (AvgIpc) is 2.86. The van der Waals surface area contributed by atoms with Crippen LogP contribution in [-0.4, -0.2) is 35.6 Å². The first-order chi connectivity index (χ1) is 10.2. The van der Waals surface area contributed by atoms with Crippen molar-refractivity contribution >= 4 is 10.9 Å². The first kappa shape index (κ1) is 15.6. The summed E-state index contributed by atoms with van der Waals surface area (Å²) in [5, 5.41) is 1.27. The maximum absolute atomic E-state index is 5.60. The fourth-order valence-corrected chi connectivity index (χ4v) is 2.61. The van der Waals surface area contributed by atoms with Crippen molar-refractivity contribution < 1.29 is 4.74 Å². The third-order valence-electron chi connectivity index (χ3n) is 3.81. The number of ether oxygens (including phenoxy) is 1. The Balaban J connectivity index is 2.14. The van der Waals surface area contributed by atoms with Gasteiger partial charge in [0.2, 0.25) is 0 Å². The summed E-state index contributed by atoms with van der Waals surface area (Å²) in [6.45, 7) is 13.0. The van der Waals surface area contributed by atoms with Gasteiger partial charge in [0.05, 0.1) is 6.61 Å². The molecule has 2 rings (SSSR count). The van der Waals surface area contributed by atoms with Gasteiger partial charge in [-0.15, -0.1) is 6.58 Å². The molecule has 0 fully saturated rings. The Morgan fingerprint density at radius 1 is 1.38 bits per heavy atom. The summed E-state index contributed by atoms with van der Waals surface area (Å²) in [4.78, 5) is 5.78. The molecule has 0 unspecified atom stereocenters. The van der Waals surface area contributed by atoms with Gasteiger partial charge in [0, 0.05) is 36.2 Å². The number of H-pyrrole nitrogens is 1. The summed E-state index contributed by atoms with van der Waals surface area (Å²) in [7, 11) is 0. The molecule has 1 aromatic heterocycles. The molecule has 0 saturated heterocycles. The van der Waals surface area contributed by atoms with Crippen LogP contribution in [0.25, 0.3) is 10.9 Å². The number of nitrogens with one attached hydrogen (secondary N) is 1. The number of aromatic amines is 1. The van der Waals surface area contributed by atoms with E-state index in [0.29, 0.717) is 12.6 Å². The number of nitrogens with zero attached hydrogens (tertiary/aromatic N) is 1. The Morgan fingerprint density at radius 3 is 2.86 bits per heavy atom. The van der Waals surface area contributed by atoms with Crippen LogP contribution in [-0.2, 0) is 6.42 Å². The molecule has 0 spiro atoms. The number of hydrogen-bond donors (Lipinski definition) is 1. The van der Waals surface area contributed by atoms with Crippen LogP contribution in [0.2, 0.25) is 0 Å². The zero-order valence-electron chi connectivity index (χ0n) is 13.4. The summed E-state index contributed by atoms with van der Waals surface area (Å²) < 4.78 is 5.60. The van der Waals surface area contributed by atoms with Crippen molar-refractivity contribution in [2.45, 2.75) is 33.2 Å². The zero-order chi connectivity index (χ0) is 15.2. The van der Waals surface area contributed by atoms with Gasteiger partial charge in [0.25, 0.3) is 0 Å². The van der Waals surface area contributed by atoms with E-state index in [1.807, 2.05) is 19.1 Å². The number of rotatable bonds is 8. The SMILES string of the molecule is C=CCN(CCc1c[nH]c2ccc(OCC)cc12)C(C)C. The molecule has 0 aliphatic rings. The Morgan fingerprint density at radius 2 is 2.19 bits per heavy atom. The lowest BCUT2D eigenvalue weighted by atomic mass is 10.1. The van der Waals surface area contributed by atoms with Crippen LogP contribution in [0, 0.1) is 0 Å². The van der Waals surface area contributed by atoms with Gasteiger partial charge >= 0.3 is 0 Å². The van der Waals surface area contributed by atoms with Gasteiger partial charge in [0.15, 0.2) is 0 Å². The second-order valence-electron chi connectivity index (χ2n) is 5.58. The van der Waals surface area contributed by atoms with Crippen molar-refractivity contribution in [3.8, 4) is 5.75 Å². The molecular formula is C18H26N2O. The van der Waals surface area contributed by atoms with Gasteiger partial charge in [-0.05, 0) is 51.0 Å². The van der Waals surface area contributed by atoms with E-state index in [2.05, 4.69) is 48.6 Å². The molecule has 0 amide bonds. The van der Waals surface area contributed by atoms with E-state index >= 15 is 0 Å². The van der Waals surface area contributed by atoms with Crippen LogP contribution in [0.15, 0.2) is 37.1 Å². The van der Waals surface area contributed by atoms with Crippen LogP contribution in [0.5, 0.6) is 5.75 Å². The van der Waals surface area contributed by atoms with E-state index in [1.165, 1.54) is 16.5 Å². The maximum atomic E-state index is 5.60. The van der Waals surface area contributed by atoms with Crippen LogP contribution in [0.1, 0.15) is 26.3 Å². The third kappa shape index (κ3) is 3.88. The summed E-state index contributed by atoms with van der Waals surface area (Å²) in [5.41, 5.74) is 2.52. The van der Waals surface area contributed by atoms with Crippen molar-refractivity contribution in [3.05, 3.63) is 42.6 Å². The standard InChI is InChI=1S/C18H26N2O/c1-5-10-20(14(3)4)11-9-15-13-19-18-8-7-16(21-6-2)12-17(15)18/h5,7-8,12-14,19H,1,6,9-11H2,2-4H3. The Kier molecular flexibility index (Phi) is 5.45. The van der Waals surface area contributed by atoms with Gasteiger partial charge in [0.1, 0.15) is 5.75 Å². The summed E-state index contributed by atoms with van der Waals surface area (Å²) in [6, 6.07) is 6.78. The predicted molar refractivity (Wildman–Crippen MR) is 90.1 cm³/mol. The minimum absolute atomic E-state index is 0.534. The maximum Gasteiger partial charge on any atom is 0.120 e. The summed E-state index contributed by atoms with van der Waals surface area (Å²) in [5.74, 6) is 0.942. The van der Waals surface area contributed by atoms with Crippen LogP contribution in [0.4, 0.5) is 0 Å². The van der Waals surface area contributed by atoms with E-state index in [0.717, 1.165) is 25.3 Å². The molecule has 3 nitrogen and oxygen atoms in total. The van der Waals surface area contributed by atoms with E-state index < -0.39 is 0 Å². The lowest BCUT2D eigenvalue weighted by molar-refractivity contribution is 0.249. The Hall–Kier alpha value is -1.74. The molecule has 1 heterocycles. The molecule has 3 heteroatoms. The second kappa shape index (κ2) is 7.32. The minimum Gasteiger partial charge on any atom is -0.494 e. The number of benzene rings is 1. The third-order valence-corrected chi connectivity index (χ3v) is 3.81. The molecule has 1 aromatic carbocycles. The van der Waals surface area contributed by atoms with Gasteiger partial charge in [-0.1, -0.05) is 6.08 Å². The first-order valence-electron chi connectivity index (χ1n) is 7.73. The Labute approximate surface area is 127 Å². The van der Waals surface area contributed by atoms with Crippen molar-refractivity contribution in [3.63, 3.8) is 0 Å². The monoisotopic (exact) mass is 286 g/mol. The highest BCUT2D eigenvalue weighted by Crippen LogP contribution is 2.24. The average molecular weight is 286 g/mol. The van der Waals surface area contributed by atoms with Crippen molar-refractivity contribution in [1.29, 1.82) is 0 Å². The molecular weight excluding hydrogens is 260 g/mol. The van der Waals surface area contributed by atoms with E-state index in [4.69, 9.17) is 4.74 Å². The number of aromatic nitrogens is 1. The molecule has 114 valence electrons. The molecule has 0 aliphatic heterocycles. The fraction of sp³-hybridized carbons (Fsp3) is 0.444. The van der Waals surface area contributed by atoms with Crippen LogP contribution >= 0.6 is 0 Å². The second-order valence-corrected chi connectivity index (χ2v) is 5.58. The van der Waals surface area contributed by atoms with Crippen molar-refractivity contribution in [1.82, 2.24) is 9.88 Å². The zero-order valence-corrected chi connectivity index (χ0v) is 13.4. The molecule has 0 atom stereocenters. The lowest BCUT2D eigenvalue weighted by Gasteiger charge is -2.24. The van der Waals surface area contributed by atoms with E-state index in [-0.39, 0.29) is 0 Å². The first-order valence-corrected chi connectivity index (χ1v) is 7.73. The normalized spacial score (nSPS) is 11.5. The molecule has 21 heavy (non-hydrogen) atoms. The lowest BCUT2D eigenvalue weighted by Crippen LogP contribution is -2.32. The quantitative estimate of drug-likeness (QED) is 0.743. The Bertz CT molecular complexity index is 586. The number of fused-ring (bicyclic) bond motifs is 1. The van der Waals surface area contributed by atoms with Crippen LogP contribution in [0.3, 0.4) is 0 Å². The van der Waals surface area contributed by atoms with Gasteiger partial charge in [-0.3, -0.25) is 4.90 Å². The minimum atomic E-state index is 0.534. The largest absolute Gasteiger partial charge is 0.494 e. The smallest absolute Gasteiger partial charge is 0.120 e. The highest BCUT2D eigenvalue weighted by atomic mass is 16.5. The summed E-state index contributed by atoms with van der Waals surface area (Å²) in [6.07, 6.45) is 5.12. The molecule has 2 aromatic rings. The van der Waals surface area contributed by atoms with Crippen molar-refractivity contribution in [2.75, 3.05) is 19.7 Å². The molecule has 0 saturated carbocycles. The summed E-state index contributed by atoms with van der Waals surface area (Å²) >= 11 is 0. The van der Waals surface area contributed by atoms with Crippen LogP contribution < -0.4 is 4.74 Å². The van der Waals surface area contributed by atoms with Gasteiger partial charge in [-0.2, -0.15) is 0 Å². The highest BCUT2D eigenvalue weighted by molar-refractivity contribution is 5.84. The molecule has 1 N–H and O–H groups in total. The molecule has 0 bridgehead atoms. The highest BCUT2D eigenvalue weighted by Gasteiger charge is 2.10. The number of hydrogen-bond acceptors (Lipinski definition) is 2. The molecule has 0 aliphatic carbocycles. The van der Waals surface area contributed by atoms with Crippen molar-refractivity contribution in [2.24, 2.45) is 0 Å². The fourth-order valence-electron chi connectivity index (χ4n) is 2.61. The van der Waals surface area contributed by atoms with E-state index in [1.54, 1.807) is 0 Å². The topological polar surface area (TPSA) is 28.3 Å².